The van der Waals surface area contributed by atoms with Gasteiger partial charge in [0.1, 0.15) is 23.7 Å². The molecule has 2 atom stereocenters. The normalized spacial score (nSPS) is 20.9. The molecule has 3 saturated heterocycles. The van der Waals surface area contributed by atoms with Crippen molar-refractivity contribution in [3.8, 4) is 5.75 Å². The number of hydrogen-bond donors (Lipinski definition) is 2. The number of morpholine rings is 1. The Morgan fingerprint density at radius 2 is 1.96 bits per heavy atom. The van der Waals surface area contributed by atoms with Crippen molar-refractivity contribution in [1.82, 2.24) is 14.9 Å². The maximum Gasteiger partial charge on any atom is 0.247 e. The quantitative estimate of drug-likeness (QED) is 0.279. The largest absolute Gasteiger partial charge is 0.494 e. The predicted octanol–water partition coefficient (Wildman–Crippen LogP) is 5.72. The second-order valence-corrected chi connectivity index (χ2v) is 12.1. The zero-order valence-corrected chi connectivity index (χ0v) is 26.8. The van der Waals surface area contributed by atoms with E-state index >= 15 is 0 Å². The Kier molecular flexibility index (Phi) is 9.88. The summed E-state index contributed by atoms with van der Waals surface area (Å²) in [6, 6.07) is 10.5. The molecular weight excluding hydrogens is 613 g/mol. The number of anilines is 5. The van der Waals surface area contributed by atoms with Crippen LogP contribution in [0, 0.1) is 5.82 Å². The number of amides is 1. The Bertz CT molecular complexity index is 1570. The van der Waals surface area contributed by atoms with Crippen LogP contribution in [0.3, 0.4) is 0 Å². The fourth-order valence-electron chi connectivity index (χ4n) is 6.46. The lowest BCUT2D eigenvalue weighted by atomic mass is 10.0. The molecule has 3 aliphatic heterocycles. The number of nitrogens with zero attached hydrogens (tertiary/aromatic N) is 5. The van der Waals surface area contributed by atoms with Crippen LogP contribution < -0.4 is 25.3 Å². The van der Waals surface area contributed by atoms with Gasteiger partial charge in [-0.25, -0.2) is 19.4 Å². The Morgan fingerprint density at radius 1 is 1.13 bits per heavy atom. The van der Waals surface area contributed by atoms with E-state index in [0.29, 0.717) is 53.4 Å². The van der Waals surface area contributed by atoms with Gasteiger partial charge in [-0.15, -0.1) is 0 Å². The van der Waals surface area contributed by atoms with E-state index in [1.54, 1.807) is 30.4 Å². The van der Waals surface area contributed by atoms with Gasteiger partial charge in [0, 0.05) is 56.3 Å². The third kappa shape index (κ3) is 6.90. The van der Waals surface area contributed by atoms with Crippen molar-refractivity contribution < 1.29 is 23.5 Å². The molecule has 0 aliphatic carbocycles. The number of methoxy groups -OCH3 is 1. The summed E-state index contributed by atoms with van der Waals surface area (Å²) in [4.78, 5) is 32.0. The van der Waals surface area contributed by atoms with Gasteiger partial charge in [-0.1, -0.05) is 30.3 Å². The molecule has 1 aromatic heterocycles. The Hall–Kier alpha value is -3.97. The number of nitrogens with one attached hydrogen (secondary N) is 2. The van der Waals surface area contributed by atoms with Crippen LogP contribution in [0.1, 0.15) is 37.8 Å². The smallest absolute Gasteiger partial charge is 0.247 e. The SMILES string of the molecule is C=CC(=O)Nc1cc(Nc2cc(N3OCC[C@@H]3c3cccc(Cl)c3F)ncn2)c(OC)cc1N1CCC(N2CCO[C@H](C)C2)CC1. The van der Waals surface area contributed by atoms with E-state index in [2.05, 4.69) is 43.9 Å². The van der Waals surface area contributed by atoms with E-state index in [0.717, 1.165) is 51.3 Å². The van der Waals surface area contributed by atoms with Crippen molar-refractivity contribution in [1.29, 1.82) is 0 Å². The van der Waals surface area contributed by atoms with E-state index in [9.17, 15) is 9.18 Å². The molecule has 1 amide bonds. The van der Waals surface area contributed by atoms with Crippen molar-refractivity contribution in [2.45, 2.75) is 44.4 Å². The lowest BCUT2D eigenvalue weighted by molar-refractivity contribution is -0.111. The van der Waals surface area contributed by atoms with Gasteiger partial charge in [-0.05, 0) is 38.0 Å². The van der Waals surface area contributed by atoms with Crippen molar-refractivity contribution in [2.75, 3.05) is 67.1 Å². The van der Waals surface area contributed by atoms with Crippen LogP contribution in [0.2, 0.25) is 5.02 Å². The van der Waals surface area contributed by atoms with E-state index in [1.807, 2.05) is 12.1 Å². The third-order valence-corrected chi connectivity index (χ3v) is 9.03. The first-order chi connectivity index (χ1) is 22.3. The summed E-state index contributed by atoms with van der Waals surface area (Å²) in [6.07, 6.45) is 5.48. The van der Waals surface area contributed by atoms with Crippen LogP contribution in [0.4, 0.5) is 33.1 Å². The Balaban J connectivity index is 1.24. The molecule has 3 aliphatic rings. The van der Waals surface area contributed by atoms with Crippen LogP contribution in [-0.4, -0.2) is 79.4 Å². The summed E-state index contributed by atoms with van der Waals surface area (Å²) in [7, 11) is 1.60. The molecular formula is C33H39ClFN7O4. The number of rotatable bonds is 9. The number of halogens is 2. The van der Waals surface area contributed by atoms with Crippen LogP contribution in [0.15, 0.2) is 55.4 Å². The highest BCUT2D eigenvalue weighted by Gasteiger charge is 2.32. The molecule has 3 aromatic rings. The van der Waals surface area contributed by atoms with Gasteiger partial charge >= 0.3 is 0 Å². The highest BCUT2D eigenvalue weighted by Crippen LogP contribution is 2.41. The lowest BCUT2D eigenvalue weighted by Crippen LogP contribution is -2.51. The summed E-state index contributed by atoms with van der Waals surface area (Å²) >= 11 is 6.06. The van der Waals surface area contributed by atoms with E-state index < -0.39 is 11.9 Å². The minimum Gasteiger partial charge on any atom is -0.494 e. The van der Waals surface area contributed by atoms with Crippen molar-refractivity contribution in [3.05, 3.63) is 71.8 Å². The summed E-state index contributed by atoms with van der Waals surface area (Å²) in [6.45, 7) is 10.5. The summed E-state index contributed by atoms with van der Waals surface area (Å²) in [5.74, 6) is 0.693. The summed E-state index contributed by atoms with van der Waals surface area (Å²) in [5, 5.41) is 7.93. The highest BCUT2D eigenvalue weighted by atomic mass is 35.5. The third-order valence-electron chi connectivity index (χ3n) is 8.74. The summed E-state index contributed by atoms with van der Waals surface area (Å²) < 4.78 is 26.5. The summed E-state index contributed by atoms with van der Waals surface area (Å²) in [5.41, 5.74) is 2.51. The molecule has 46 heavy (non-hydrogen) atoms. The number of piperidine rings is 1. The van der Waals surface area contributed by atoms with Crippen LogP contribution in [0.25, 0.3) is 0 Å². The van der Waals surface area contributed by atoms with Gasteiger partial charge in [-0.2, -0.15) is 0 Å². The molecule has 13 heteroatoms. The molecule has 3 fully saturated rings. The van der Waals surface area contributed by atoms with Gasteiger partial charge in [0.2, 0.25) is 5.91 Å². The zero-order chi connectivity index (χ0) is 32.2. The van der Waals surface area contributed by atoms with E-state index in [-0.39, 0.29) is 17.0 Å². The molecule has 0 spiro atoms. The van der Waals surface area contributed by atoms with Gasteiger partial charge in [0.25, 0.3) is 0 Å². The van der Waals surface area contributed by atoms with E-state index in [4.69, 9.17) is 25.9 Å². The first-order valence-corrected chi connectivity index (χ1v) is 15.9. The predicted molar refractivity (Wildman–Crippen MR) is 177 cm³/mol. The molecule has 0 saturated carbocycles. The molecule has 0 unspecified atom stereocenters. The first kappa shape index (κ1) is 32.0. The molecule has 0 bridgehead atoms. The number of aromatic nitrogens is 2. The molecule has 4 heterocycles. The molecule has 2 aromatic carbocycles. The number of hydroxylamine groups is 1. The minimum absolute atomic E-state index is 0.0559. The van der Waals surface area contributed by atoms with Gasteiger partial charge < -0.3 is 25.0 Å². The second kappa shape index (κ2) is 14.2. The molecule has 11 nitrogen and oxygen atoms in total. The second-order valence-electron chi connectivity index (χ2n) is 11.7. The number of ether oxygens (including phenoxy) is 2. The Morgan fingerprint density at radius 3 is 2.72 bits per heavy atom. The average molecular weight is 652 g/mol. The molecule has 0 radical (unpaired) electrons. The van der Waals surface area contributed by atoms with Crippen molar-refractivity contribution in [3.63, 3.8) is 0 Å². The van der Waals surface area contributed by atoms with Crippen LogP contribution in [-0.2, 0) is 14.4 Å². The number of hydrogen-bond acceptors (Lipinski definition) is 10. The lowest BCUT2D eigenvalue weighted by Gasteiger charge is -2.42. The maximum absolute atomic E-state index is 14.9. The van der Waals surface area contributed by atoms with Gasteiger partial charge in [0.05, 0.1) is 54.6 Å². The topological polar surface area (TPSA) is 104 Å². The average Bonchev–Trinajstić information content (AvgIpc) is 3.56. The molecule has 244 valence electrons. The van der Waals surface area contributed by atoms with Crippen molar-refractivity contribution in [2.24, 2.45) is 0 Å². The number of carbonyl (C=O) groups is 1. The van der Waals surface area contributed by atoms with E-state index in [1.165, 1.54) is 18.5 Å². The fourth-order valence-corrected chi connectivity index (χ4v) is 6.64. The molecule has 6 rings (SSSR count). The standard InChI is InChI=1S/C33H39ClFN7O4/c1-4-32(43)39-25-16-26(29(44-3)17-28(25)40-11-8-22(9-12-40)41-13-15-45-21(2)19-41)38-30-18-31(37-20-36-30)42-27(10-14-46-42)23-6-5-7-24(34)33(23)35/h4-7,16-18,20-22,27H,1,8-15,19H2,2-3H3,(H,39,43)(H,36,37,38)/t21-,27-/m1/s1. The fraction of sp³-hybridized carbons (Fsp3) is 0.424. The number of benzene rings is 2. The monoisotopic (exact) mass is 651 g/mol. The molecule has 2 N–H and O–H groups in total. The number of carbonyl (C=O) groups excluding carboxylic acids is 1. The van der Waals surface area contributed by atoms with Gasteiger partial charge in [-0.3, -0.25) is 14.5 Å². The Labute approximate surface area is 273 Å². The zero-order valence-electron chi connectivity index (χ0n) is 26.0. The minimum atomic E-state index is -0.476. The van der Waals surface area contributed by atoms with Gasteiger partial charge in [0.15, 0.2) is 5.82 Å². The van der Waals surface area contributed by atoms with Crippen molar-refractivity contribution >= 4 is 46.2 Å². The van der Waals surface area contributed by atoms with Crippen LogP contribution >= 0.6 is 11.6 Å². The first-order valence-electron chi connectivity index (χ1n) is 15.6. The van der Waals surface area contributed by atoms with Crippen LogP contribution in [0.5, 0.6) is 5.75 Å². The maximum atomic E-state index is 14.9. The highest BCUT2D eigenvalue weighted by molar-refractivity contribution is 6.30.